The summed E-state index contributed by atoms with van der Waals surface area (Å²) in [5.41, 5.74) is 8.66. The van der Waals surface area contributed by atoms with Crippen molar-refractivity contribution < 1.29 is 9.31 Å². The van der Waals surface area contributed by atoms with E-state index in [1.807, 2.05) is 17.0 Å². The Morgan fingerprint density at radius 2 is 1.65 bits per heavy atom. The van der Waals surface area contributed by atoms with Gasteiger partial charge < -0.3 is 15.5 Å². The molecule has 0 amide bonds. The Bertz CT molecular complexity index is 1680. The third kappa shape index (κ3) is 5.04. The first-order valence-electron chi connectivity index (χ1n) is 12.4. The number of anilines is 3. The van der Waals surface area contributed by atoms with E-state index < -0.39 is 4.92 Å². The second kappa shape index (κ2) is 11.0. The largest absolute Gasteiger partial charge is 0.382 e. The standard InChI is InChI=1S/C29H23FN8O2/c30-22-7-9-23(10-8-22)35-12-14-36(15-13-35)26-11-6-20(17-27(26)38(39)40)16-21(18-31)28-25(19-32)29(33)37(34-28)24-4-2-1-3-5-24/h1-11,16-17H,12-15,33H2/b21-16+. The molecule has 0 atom stereocenters. The number of nitrogens with two attached hydrogens (primary N) is 1. The molecular formula is C29H23FN8O2. The lowest BCUT2D eigenvalue weighted by Crippen LogP contribution is -2.46. The van der Waals surface area contributed by atoms with E-state index in [2.05, 4.69) is 16.1 Å². The normalized spacial score (nSPS) is 13.5. The molecule has 1 aliphatic rings. The maximum Gasteiger partial charge on any atom is 0.293 e. The minimum absolute atomic E-state index is 0.0433. The third-order valence-corrected chi connectivity index (χ3v) is 6.73. The SMILES string of the molecule is N#C/C(=C\c1ccc(N2CCN(c3ccc(F)cc3)CC2)c([N+](=O)[O-])c1)c1nn(-c2ccccc2)c(N)c1C#N. The minimum atomic E-state index is -0.451. The van der Waals surface area contributed by atoms with E-state index in [0.717, 1.165) is 5.69 Å². The van der Waals surface area contributed by atoms with Gasteiger partial charge in [-0.25, -0.2) is 9.07 Å². The monoisotopic (exact) mass is 534 g/mol. The van der Waals surface area contributed by atoms with E-state index in [1.54, 1.807) is 48.5 Å². The molecule has 1 saturated heterocycles. The van der Waals surface area contributed by atoms with Crippen molar-refractivity contribution >= 4 is 34.5 Å². The zero-order valence-electron chi connectivity index (χ0n) is 21.2. The third-order valence-electron chi connectivity index (χ3n) is 6.73. The van der Waals surface area contributed by atoms with Gasteiger partial charge in [-0.05, 0) is 54.1 Å². The molecular weight excluding hydrogens is 511 g/mol. The van der Waals surface area contributed by atoms with Crippen LogP contribution in [0.3, 0.4) is 0 Å². The Kier molecular flexibility index (Phi) is 7.12. The predicted molar refractivity (Wildman–Crippen MR) is 150 cm³/mol. The number of benzene rings is 3. The number of hydrogen-bond acceptors (Lipinski definition) is 8. The van der Waals surface area contributed by atoms with Crippen molar-refractivity contribution in [1.82, 2.24) is 9.78 Å². The molecule has 2 heterocycles. The number of nitrogens with zero attached hydrogens (tertiary/aromatic N) is 7. The zero-order chi connectivity index (χ0) is 28.2. The molecule has 1 aliphatic heterocycles. The molecule has 40 heavy (non-hydrogen) atoms. The van der Waals surface area contributed by atoms with Crippen LogP contribution in [0, 0.1) is 38.6 Å². The highest BCUT2D eigenvalue weighted by molar-refractivity contribution is 5.92. The van der Waals surface area contributed by atoms with Crippen LogP contribution in [-0.2, 0) is 0 Å². The van der Waals surface area contributed by atoms with Crippen LogP contribution in [0.4, 0.5) is 27.3 Å². The van der Waals surface area contributed by atoms with Crippen molar-refractivity contribution in [3.05, 3.63) is 106 Å². The average Bonchev–Trinajstić information content (AvgIpc) is 3.32. The number of rotatable bonds is 6. The number of nitro groups is 1. The summed E-state index contributed by atoms with van der Waals surface area (Å²) in [4.78, 5) is 15.6. The van der Waals surface area contributed by atoms with Gasteiger partial charge >= 0.3 is 0 Å². The molecule has 3 aromatic carbocycles. The van der Waals surface area contributed by atoms with Gasteiger partial charge in [-0.15, -0.1) is 0 Å². The molecule has 0 bridgehead atoms. The Morgan fingerprint density at radius 1 is 0.975 bits per heavy atom. The van der Waals surface area contributed by atoms with Gasteiger partial charge in [0.2, 0.25) is 0 Å². The molecule has 1 fully saturated rings. The molecule has 5 rings (SSSR count). The van der Waals surface area contributed by atoms with Gasteiger partial charge in [0.1, 0.15) is 40.7 Å². The number of para-hydroxylation sites is 1. The first-order chi connectivity index (χ1) is 19.4. The number of nitrogen functional groups attached to an aromatic ring is 1. The molecule has 10 nitrogen and oxygen atoms in total. The molecule has 198 valence electrons. The van der Waals surface area contributed by atoms with Crippen LogP contribution in [0.5, 0.6) is 0 Å². The Labute approximate surface area is 229 Å². The van der Waals surface area contributed by atoms with Crippen molar-refractivity contribution in [2.24, 2.45) is 0 Å². The van der Waals surface area contributed by atoms with Gasteiger partial charge in [-0.3, -0.25) is 10.1 Å². The number of halogens is 1. The minimum Gasteiger partial charge on any atom is -0.382 e. The summed E-state index contributed by atoms with van der Waals surface area (Å²) < 4.78 is 14.7. The van der Waals surface area contributed by atoms with Crippen LogP contribution in [0.25, 0.3) is 17.3 Å². The second-order valence-corrected chi connectivity index (χ2v) is 9.09. The number of nitro benzene ring substituents is 1. The number of piperazine rings is 1. The van der Waals surface area contributed by atoms with E-state index in [4.69, 9.17) is 5.73 Å². The fraction of sp³-hybridized carbons (Fsp3) is 0.138. The number of allylic oxidation sites excluding steroid dienone is 1. The van der Waals surface area contributed by atoms with Crippen LogP contribution in [0.2, 0.25) is 0 Å². The average molecular weight is 535 g/mol. The number of aromatic nitrogens is 2. The predicted octanol–water partition coefficient (Wildman–Crippen LogP) is 4.76. The van der Waals surface area contributed by atoms with Gasteiger partial charge in [0, 0.05) is 37.9 Å². The summed E-state index contributed by atoms with van der Waals surface area (Å²) in [5, 5.41) is 36.1. The van der Waals surface area contributed by atoms with Gasteiger partial charge in [0.15, 0.2) is 0 Å². The van der Waals surface area contributed by atoms with E-state index in [1.165, 1.54) is 29.0 Å². The Balaban J connectivity index is 1.43. The van der Waals surface area contributed by atoms with Crippen LogP contribution >= 0.6 is 0 Å². The molecule has 4 aromatic rings. The molecule has 1 aromatic heterocycles. The summed E-state index contributed by atoms with van der Waals surface area (Å²) >= 11 is 0. The molecule has 0 aliphatic carbocycles. The van der Waals surface area contributed by atoms with Crippen molar-refractivity contribution in [1.29, 1.82) is 10.5 Å². The lowest BCUT2D eigenvalue weighted by atomic mass is 10.0. The number of nitriles is 2. The van der Waals surface area contributed by atoms with Gasteiger partial charge in [0.25, 0.3) is 5.69 Å². The first kappa shape index (κ1) is 25.9. The van der Waals surface area contributed by atoms with E-state index in [9.17, 15) is 25.0 Å². The summed E-state index contributed by atoms with van der Waals surface area (Å²) in [7, 11) is 0. The summed E-state index contributed by atoms with van der Waals surface area (Å²) in [6, 6.07) is 24.1. The van der Waals surface area contributed by atoms with Gasteiger partial charge in [-0.1, -0.05) is 24.3 Å². The maximum atomic E-state index is 13.3. The van der Waals surface area contributed by atoms with Gasteiger partial charge in [-0.2, -0.15) is 15.6 Å². The van der Waals surface area contributed by atoms with Gasteiger partial charge in [0.05, 0.1) is 16.2 Å². The maximum absolute atomic E-state index is 13.3. The highest BCUT2D eigenvalue weighted by Gasteiger charge is 2.25. The quantitative estimate of drug-likeness (QED) is 0.212. The highest BCUT2D eigenvalue weighted by atomic mass is 19.1. The first-order valence-corrected chi connectivity index (χ1v) is 12.4. The zero-order valence-corrected chi connectivity index (χ0v) is 21.2. The Morgan fingerprint density at radius 3 is 2.27 bits per heavy atom. The van der Waals surface area contributed by atoms with Crippen molar-refractivity contribution in [3.63, 3.8) is 0 Å². The number of hydrogen-bond donors (Lipinski definition) is 1. The van der Waals surface area contributed by atoms with E-state index in [0.29, 0.717) is 43.1 Å². The lowest BCUT2D eigenvalue weighted by Gasteiger charge is -2.37. The summed E-state index contributed by atoms with van der Waals surface area (Å²) in [5.74, 6) is -0.213. The van der Waals surface area contributed by atoms with Crippen LogP contribution in [-0.4, -0.2) is 40.9 Å². The van der Waals surface area contributed by atoms with Crippen molar-refractivity contribution in [2.75, 3.05) is 41.7 Å². The molecule has 11 heteroatoms. The fourth-order valence-corrected chi connectivity index (χ4v) is 4.72. The molecule has 0 saturated carbocycles. The van der Waals surface area contributed by atoms with Crippen LogP contribution in [0.1, 0.15) is 16.8 Å². The molecule has 0 spiro atoms. The van der Waals surface area contributed by atoms with Crippen LogP contribution in [0.15, 0.2) is 72.8 Å². The highest BCUT2D eigenvalue weighted by Crippen LogP contribution is 2.33. The van der Waals surface area contributed by atoms with E-state index in [-0.39, 0.29) is 34.2 Å². The summed E-state index contributed by atoms with van der Waals surface area (Å²) in [6.07, 6.45) is 1.46. The molecule has 0 radical (unpaired) electrons. The Hall–Kier alpha value is -5.68. The van der Waals surface area contributed by atoms with Crippen molar-refractivity contribution in [2.45, 2.75) is 0 Å². The van der Waals surface area contributed by atoms with Crippen molar-refractivity contribution in [3.8, 4) is 17.8 Å². The topological polar surface area (TPSA) is 141 Å². The second-order valence-electron chi connectivity index (χ2n) is 9.09. The van der Waals surface area contributed by atoms with Crippen LogP contribution < -0.4 is 15.5 Å². The summed E-state index contributed by atoms with van der Waals surface area (Å²) in [6.45, 7) is 2.31. The molecule has 0 unspecified atom stereocenters. The smallest absolute Gasteiger partial charge is 0.293 e. The lowest BCUT2D eigenvalue weighted by molar-refractivity contribution is -0.384. The van der Waals surface area contributed by atoms with E-state index >= 15 is 0 Å². The fourth-order valence-electron chi connectivity index (χ4n) is 4.72. The molecule has 2 N–H and O–H groups in total.